The van der Waals surface area contributed by atoms with Gasteiger partial charge in [-0.05, 0) is 25.7 Å². The Morgan fingerprint density at radius 1 is 1.03 bits per heavy atom. The summed E-state index contributed by atoms with van der Waals surface area (Å²) in [5, 5.41) is 1.90. The smallest absolute Gasteiger partial charge is 0.328 e. The van der Waals surface area contributed by atoms with Crippen molar-refractivity contribution in [1.29, 1.82) is 0 Å². The van der Waals surface area contributed by atoms with Gasteiger partial charge in [0.25, 0.3) is 11.8 Å². The van der Waals surface area contributed by atoms with Gasteiger partial charge in [0, 0.05) is 19.9 Å². The van der Waals surface area contributed by atoms with Gasteiger partial charge in [0.05, 0.1) is 12.6 Å². The third-order valence-corrected chi connectivity index (χ3v) is 5.51. The molecule has 0 aromatic heterocycles. The van der Waals surface area contributed by atoms with E-state index in [0.29, 0.717) is 37.5 Å². The first-order valence-corrected chi connectivity index (χ1v) is 11.2. The fourth-order valence-corrected chi connectivity index (χ4v) is 3.77. The van der Waals surface area contributed by atoms with Crippen LogP contribution >= 0.6 is 0 Å². The van der Waals surface area contributed by atoms with Crippen LogP contribution in [0.3, 0.4) is 0 Å². The predicted molar refractivity (Wildman–Crippen MR) is 109 cm³/mol. The summed E-state index contributed by atoms with van der Waals surface area (Å²) in [5.74, 6) is -1.93. The van der Waals surface area contributed by atoms with Crippen LogP contribution in [0, 0.1) is 0 Å². The number of amides is 4. The maximum Gasteiger partial charge on any atom is 0.355 e. The number of fused-ring (bicyclic) bond motifs is 2. The summed E-state index contributed by atoms with van der Waals surface area (Å²) in [7, 11) is 0. The number of nitrogens with zero attached hydrogens (tertiary/aromatic N) is 3. The fraction of sp³-hybridized carbons (Fsp3) is 0.810. The molecule has 2 rings (SSSR count). The van der Waals surface area contributed by atoms with Gasteiger partial charge in [0.15, 0.2) is 0 Å². The zero-order chi connectivity index (χ0) is 22.1. The molecule has 4 amide bonds. The van der Waals surface area contributed by atoms with Crippen molar-refractivity contribution in [2.75, 3.05) is 13.2 Å². The average molecular weight is 426 g/mol. The number of imide groups is 1. The number of unbranched alkanes of at least 4 members (excludes halogenated alkanes) is 5. The zero-order valence-corrected chi connectivity index (χ0v) is 18.4. The van der Waals surface area contributed by atoms with E-state index in [4.69, 9.17) is 9.68 Å². The zero-order valence-electron chi connectivity index (χ0n) is 18.4. The maximum absolute atomic E-state index is 12.7. The quantitative estimate of drug-likeness (QED) is 0.373. The lowest BCUT2D eigenvalue weighted by Gasteiger charge is -2.29. The van der Waals surface area contributed by atoms with E-state index in [0.717, 1.165) is 38.5 Å². The van der Waals surface area contributed by atoms with Crippen LogP contribution in [0.25, 0.3) is 0 Å². The van der Waals surface area contributed by atoms with Crippen molar-refractivity contribution in [2.45, 2.75) is 97.1 Å². The minimum atomic E-state index is -0.826. The lowest BCUT2D eigenvalue weighted by atomic mass is 10.0. The molecule has 0 spiro atoms. The van der Waals surface area contributed by atoms with Crippen LogP contribution in [0.5, 0.6) is 0 Å². The number of hydrogen-bond acceptors (Lipinski definition) is 6. The Morgan fingerprint density at radius 3 is 2.40 bits per heavy atom. The summed E-state index contributed by atoms with van der Waals surface area (Å²) in [4.78, 5) is 61.8. The van der Waals surface area contributed by atoms with Crippen molar-refractivity contribution in [3.05, 3.63) is 0 Å². The fourth-order valence-electron chi connectivity index (χ4n) is 3.77. The molecular weight excluding hydrogens is 390 g/mol. The molecule has 0 aliphatic carbocycles. The van der Waals surface area contributed by atoms with Crippen LogP contribution in [0.2, 0.25) is 0 Å². The molecule has 2 bridgehead atoms. The SMILES string of the molecule is CCCCCCCC(=O)N(OC(=O)[C@@H]1CC[C@H]2CN1C(=O)N2OCCCC)C(C)=O. The van der Waals surface area contributed by atoms with Gasteiger partial charge >= 0.3 is 12.0 Å². The first-order valence-electron chi connectivity index (χ1n) is 11.2. The van der Waals surface area contributed by atoms with Crippen molar-refractivity contribution in [3.8, 4) is 0 Å². The summed E-state index contributed by atoms with van der Waals surface area (Å²) in [6.07, 6.45) is 7.70. The Morgan fingerprint density at radius 2 is 1.73 bits per heavy atom. The first kappa shape index (κ1) is 24.1. The van der Waals surface area contributed by atoms with Gasteiger partial charge in [0.2, 0.25) is 0 Å². The van der Waals surface area contributed by atoms with E-state index in [-0.39, 0.29) is 18.5 Å². The highest BCUT2D eigenvalue weighted by molar-refractivity contribution is 5.95. The number of hydroxylamine groups is 4. The molecule has 2 heterocycles. The third kappa shape index (κ3) is 6.17. The van der Waals surface area contributed by atoms with E-state index in [1.54, 1.807) is 0 Å². The summed E-state index contributed by atoms with van der Waals surface area (Å²) < 4.78 is 0. The van der Waals surface area contributed by atoms with Crippen LogP contribution in [0.15, 0.2) is 0 Å². The molecule has 9 nitrogen and oxygen atoms in total. The molecular formula is C21H35N3O6. The summed E-state index contributed by atoms with van der Waals surface area (Å²) in [6.45, 7) is 6.15. The van der Waals surface area contributed by atoms with E-state index in [2.05, 4.69) is 6.92 Å². The van der Waals surface area contributed by atoms with Gasteiger partial charge in [-0.25, -0.2) is 9.59 Å². The number of piperidine rings is 1. The molecule has 170 valence electrons. The highest BCUT2D eigenvalue weighted by Gasteiger charge is 2.49. The Hall–Kier alpha value is -2.16. The second kappa shape index (κ2) is 11.9. The Kier molecular flexibility index (Phi) is 9.55. The van der Waals surface area contributed by atoms with Crippen molar-refractivity contribution in [1.82, 2.24) is 15.0 Å². The van der Waals surface area contributed by atoms with Gasteiger partial charge in [0.1, 0.15) is 6.04 Å². The van der Waals surface area contributed by atoms with Gasteiger partial charge in [-0.3, -0.25) is 14.4 Å². The number of carbonyl (C=O) groups excluding carboxylic acids is 4. The summed E-state index contributed by atoms with van der Waals surface area (Å²) in [6, 6.07) is -1.29. The molecule has 2 aliphatic rings. The van der Waals surface area contributed by atoms with Gasteiger partial charge in [-0.2, -0.15) is 5.06 Å². The Balaban J connectivity index is 1.91. The van der Waals surface area contributed by atoms with E-state index in [1.165, 1.54) is 16.9 Å². The monoisotopic (exact) mass is 425 g/mol. The topological polar surface area (TPSA) is 96.5 Å². The Bertz CT molecular complexity index is 626. The minimum Gasteiger partial charge on any atom is -0.328 e. The number of urea groups is 1. The molecule has 30 heavy (non-hydrogen) atoms. The van der Waals surface area contributed by atoms with Gasteiger partial charge < -0.3 is 9.74 Å². The molecule has 2 aliphatic heterocycles. The lowest BCUT2D eigenvalue weighted by molar-refractivity contribution is -0.205. The summed E-state index contributed by atoms with van der Waals surface area (Å²) >= 11 is 0. The summed E-state index contributed by atoms with van der Waals surface area (Å²) in [5.41, 5.74) is 0. The molecule has 2 saturated heterocycles. The molecule has 9 heteroatoms. The van der Waals surface area contributed by atoms with Crippen LogP contribution in [-0.2, 0) is 24.1 Å². The third-order valence-electron chi connectivity index (χ3n) is 5.51. The van der Waals surface area contributed by atoms with Gasteiger partial charge in [-0.1, -0.05) is 46.0 Å². The van der Waals surface area contributed by atoms with Crippen LogP contribution in [0.4, 0.5) is 4.79 Å². The van der Waals surface area contributed by atoms with Crippen molar-refractivity contribution in [2.24, 2.45) is 0 Å². The number of carbonyl (C=O) groups is 4. The van der Waals surface area contributed by atoms with E-state index in [9.17, 15) is 19.2 Å². The molecule has 0 saturated carbocycles. The molecule has 0 radical (unpaired) electrons. The minimum absolute atomic E-state index is 0.0907. The van der Waals surface area contributed by atoms with Crippen LogP contribution < -0.4 is 0 Å². The number of rotatable bonds is 11. The van der Waals surface area contributed by atoms with Crippen LogP contribution in [-0.4, -0.2) is 64.1 Å². The second-order valence-electron chi connectivity index (χ2n) is 7.98. The highest BCUT2D eigenvalue weighted by Crippen LogP contribution is 2.31. The molecule has 0 N–H and O–H groups in total. The van der Waals surface area contributed by atoms with E-state index < -0.39 is 23.8 Å². The lowest BCUT2D eigenvalue weighted by Crippen LogP contribution is -2.49. The molecule has 0 aromatic carbocycles. The van der Waals surface area contributed by atoms with E-state index in [1.807, 2.05) is 6.92 Å². The molecule has 2 fully saturated rings. The number of hydrogen-bond donors (Lipinski definition) is 0. The molecule has 0 aromatic rings. The van der Waals surface area contributed by atoms with Crippen molar-refractivity contribution in [3.63, 3.8) is 0 Å². The van der Waals surface area contributed by atoms with Crippen molar-refractivity contribution < 1.29 is 28.9 Å². The second-order valence-corrected chi connectivity index (χ2v) is 7.98. The van der Waals surface area contributed by atoms with E-state index >= 15 is 0 Å². The largest absolute Gasteiger partial charge is 0.355 e. The predicted octanol–water partition coefficient (Wildman–Crippen LogP) is 3.18. The highest BCUT2D eigenvalue weighted by atomic mass is 16.7. The Labute approximate surface area is 178 Å². The maximum atomic E-state index is 12.7. The van der Waals surface area contributed by atoms with Gasteiger partial charge in [-0.15, -0.1) is 5.06 Å². The molecule has 0 unspecified atom stereocenters. The normalized spacial score (nSPS) is 20.4. The first-order chi connectivity index (χ1) is 14.4. The van der Waals surface area contributed by atoms with Crippen LogP contribution in [0.1, 0.15) is 85.0 Å². The standard InChI is InChI=1S/C21H35N3O6/c1-4-6-8-9-10-11-19(26)23(16(3)25)30-20(27)18-13-12-17-15-22(18)21(28)24(17)29-14-7-5-2/h17-18H,4-15H2,1-3H3/t17-,18-/m0/s1. The molecule has 2 atom stereocenters. The average Bonchev–Trinajstić information content (AvgIpc) is 2.96. The van der Waals surface area contributed by atoms with Crippen molar-refractivity contribution >= 4 is 23.8 Å².